The quantitative estimate of drug-likeness (QED) is 0.398. The third kappa shape index (κ3) is 5.69. The van der Waals surface area contributed by atoms with Crippen LogP contribution in [-0.2, 0) is 11.4 Å². The number of anilines is 1. The van der Waals surface area contributed by atoms with E-state index in [4.69, 9.17) is 16.3 Å². The molecule has 4 nitrogen and oxygen atoms in total. The van der Waals surface area contributed by atoms with E-state index >= 15 is 0 Å². The summed E-state index contributed by atoms with van der Waals surface area (Å²) in [5, 5.41) is 12.6. The predicted octanol–water partition coefficient (Wildman–Crippen LogP) is 5.91. The van der Waals surface area contributed by atoms with Crippen LogP contribution < -0.4 is 10.1 Å². The van der Waals surface area contributed by atoms with Crippen LogP contribution in [0.3, 0.4) is 0 Å². The standard InChI is InChI=1S/C24H18ClFN2O2/c1-16-8-9-20(25)13-23(16)28-24(29)19(14-27)10-17-4-3-7-22(12-17)30-15-18-5-2-6-21(26)11-18/h2-13H,15H2,1H3,(H,28,29)/b19-10-. The third-order valence-corrected chi connectivity index (χ3v) is 4.51. The van der Waals surface area contributed by atoms with Crippen molar-refractivity contribution in [2.75, 3.05) is 5.32 Å². The lowest BCUT2D eigenvalue weighted by atomic mass is 10.1. The molecule has 0 saturated carbocycles. The van der Waals surface area contributed by atoms with Crippen molar-refractivity contribution in [3.05, 3.63) is 99.8 Å². The first kappa shape index (κ1) is 21.1. The SMILES string of the molecule is Cc1ccc(Cl)cc1NC(=O)/C(C#N)=C\c1cccc(OCc2cccc(F)c2)c1. The van der Waals surface area contributed by atoms with Crippen LogP contribution in [0.4, 0.5) is 10.1 Å². The minimum Gasteiger partial charge on any atom is -0.489 e. The van der Waals surface area contributed by atoms with E-state index < -0.39 is 5.91 Å². The van der Waals surface area contributed by atoms with Gasteiger partial charge in [0.15, 0.2) is 0 Å². The average Bonchev–Trinajstić information content (AvgIpc) is 2.73. The van der Waals surface area contributed by atoms with E-state index in [2.05, 4.69) is 5.32 Å². The number of aryl methyl sites for hydroxylation is 1. The maximum absolute atomic E-state index is 13.3. The molecule has 0 unspecified atom stereocenters. The summed E-state index contributed by atoms with van der Waals surface area (Å²) in [4.78, 5) is 12.5. The molecule has 6 heteroatoms. The number of nitriles is 1. The summed E-state index contributed by atoms with van der Waals surface area (Å²) in [7, 11) is 0. The van der Waals surface area contributed by atoms with E-state index in [0.29, 0.717) is 27.6 Å². The number of nitrogens with zero attached hydrogens (tertiary/aromatic N) is 1. The van der Waals surface area contributed by atoms with Crippen LogP contribution in [0.25, 0.3) is 6.08 Å². The van der Waals surface area contributed by atoms with Crippen molar-refractivity contribution >= 4 is 29.3 Å². The van der Waals surface area contributed by atoms with Crippen molar-refractivity contribution in [2.45, 2.75) is 13.5 Å². The summed E-state index contributed by atoms with van der Waals surface area (Å²) in [5.74, 6) is -0.322. The summed E-state index contributed by atoms with van der Waals surface area (Å²) in [6, 6.07) is 20.2. The molecule has 0 bridgehead atoms. The molecular formula is C24H18ClFN2O2. The number of hydrogen-bond donors (Lipinski definition) is 1. The van der Waals surface area contributed by atoms with E-state index in [0.717, 1.165) is 5.56 Å². The lowest BCUT2D eigenvalue weighted by molar-refractivity contribution is -0.112. The molecule has 0 atom stereocenters. The van der Waals surface area contributed by atoms with Gasteiger partial charge >= 0.3 is 0 Å². The van der Waals surface area contributed by atoms with Crippen LogP contribution in [0.2, 0.25) is 5.02 Å². The highest BCUT2D eigenvalue weighted by Crippen LogP contribution is 2.22. The van der Waals surface area contributed by atoms with Crippen LogP contribution in [0.5, 0.6) is 5.75 Å². The normalized spacial score (nSPS) is 10.9. The molecule has 150 valence electrons. The lowest BCUT2D eigenvalue weighted by Gasteiger charge is -2.09. The highest BCUT2D eigenvalue weighted by molar-refractivity contribution is 6.31. The van der Waals surface area contributed by atoms with Gasteiger partial charge in [0.25, 0.3) is 5.91 Å². The molecule has 0 aromatic heterocycles. The Bertz CT molecular complexity index is 1150. The first-order valence-electron chi connectivity index (χ1n) is 9.11. The highest BCUT2D eigenvalue weighted by atomic mass is 35.5. The van der Waals surface area contributed by atoms with Crippen molar-refractivity contribution in [3.8, 4) is 11.8 Å². The summed E-state index contributed by atoms with van der Waals surface area (Å²) >= 11 is 5.98. The minimum atomic E-state index is -0.533. The number of nitrogens with one attached hydrogen (secondary N) is 1. The van der Waals surface area contributed by atoms with Gasteiger partial charge in [-0.05, 0) is 66.1 Å². The van der Waals surface area contributed by atoms with Gasteiger partial charge < -0.3 is 10.1 Å². The van der Waals surface area contributed by atoms with E-state index in [9.17, 15) is 14.4 Å². The molecule has 0 aliphatic heterocycles. The number of halogens is 2. The van der Waals surface area contributed by atoms with Crippen LogP contribution in [0.15, 0.2) is 72.3 Å². The molecule has 3 rings (SSSR count). The molecule has 0 saturated heterocycles. The van der Waals surface area contributed by atoms with E-state index in [1.54, 1.807) is 54.6 Å². The molecule has 3 aromatic rings. The van der Waals surface area contributed by atoms with Gasteiger partial charge in [-0.2, -0.15) is 5.26 Å². The van der Waals surface area contributed by atoms with Crippen LogP contribution in [0.1, 0.15) is 16.7 Å². The van der Waals surface area contributed by atoms with Crippen molar-refractivity contribution in [3.63, 3.8) is 0 Å². The summed E-state index contributed by atoms with van der Waals surface area (Å²) in [5.41, 5.74) is 2.64. The average molecular weight is 421 g/mol. The molecule has 0 spiro atoms. The second kappa shape index (κ2) is 9.73. The zero-order valence-electron chi connectivity index (χ0n) is 16.2. The topological polar surface area (TPSA) is 62.1 Å². The Morgan fingerprint density at radius 2 is 1.97 bits per heavy atom. The number of rotatable bonds is 6. The molecule has 1 N–H and O–H groups in total. The largest absolute Gasteiger partial charge is 0.489 e. The van der Waals surface area contributed by atoms with Crippen molar-refractivity contribution in [1.29, 1.82) is 5.26 Å². The van der Waals surface area contributed by atoms with Crippen LogP contribution in [0, 0.1) is 24.1 Å². The molecule has 0 aliphatic carbocycles. The zero-order valence-corrected chi connectivity index (χ0v) is 16.9. The zero-order chi connectivity index (χ0) is 21.5. The minimum absolute atomic E-state index is 0.0587. The number of benzene rings is 3. The Balaban J connectivity index is 1.73. The van der Waals surface area contributed by atoms with Gasteiger partial charge in [-0.3, -0.25) is 4.79 Å². The first-order chi connectivity index (χ1) is 14.4. The third-order valence-electron chi connectivity index (χ3n) is 4.28. The van der Waals surface area contributed by atoms with E-state index in [1.165, 1.54) is 18.2 Å². The van der Waals surface area contributed by atoms with Crippen molar-refractivity contribution in [1.82, 2.24) is 0 Å². The molecule has 30 heavy (non-hydrogen) atoms. The maximum atomic E-state index is 13.3. The van der Waals surface area contributed by atoms with Gasteiger partial charge in [-0.1, -0.05) is 41.9 Å². The molecule has 0 aliphatic rings. The number of ether oxygens (including phenoxy) is 1. The Labute approximate surface area is 179 Å². The molecule has 0 fully saturated rings. The Morgan fingerprint density at radius 1 is 1.17 bits per heavy atom. The number of carbonyl (C=O) groups excluding carboxylic acids is 1. The fourth-order valence-electron chi connectivity index (χ4n) is 2.72. The monoisotopic (exact) mass is 420 g/mol. The molecule has 0 radical (unpaired) electrons. The van der Waals surface area contributed by atoms with Crippen LogP contribution >= 0.6 is 11.6 Å². The van der Waals surface area contributed by atoms with E-state index in [1.807, 2.05) is 13.0 Å². The molecule has 1 amide bonds. The van der Waals surface area contributed by atoms with Crippen molar-refractivity contribution in [2.24, 2.45) is 0 Å². The van der Waals surface area contributed by atoms with Gasteiger partial charge in [0.05, 0.1) is 0 Å². The fraction of sp³-hybridized carbons (Fsp3) is 0.0833. The number of carbonyl (C=O) groups is 1. The second-order valence-corrected chi connectivity index (χ2v) is 7.01. The predicted molar refractivity (Wildman–Crippen MR) is 116 cm³/mol. The first-order valence-corrected chi connectivity index (χ1v) is 9.49. The smallest absolute Gasteiger partial charge is 0.266 e. The van der Waals surface area contributed by atoms with Gasteiger partial charge in [0.1, 0.15) is 29.8 Å². The van der Waals surface area contributed by atoms with Gasteiger partial charge in [-0.25, -0.2) is 4.39 Å². The highest BCUT2D eigenvalue weighted by Gasteiger charge is 2.11. The van der Waals surface area contributed by atoms with Gasteiger partial charge in [-0.15, -0.1) is 0 Å². The second-order valence-electron chi connectivity index (χ2n) is 6.57. The van der Waals surface area contributed by atoms with Gasteiger partial charge in [0, 0.05) is 10.7 Å². The maximum Gasteiger partial charge on any atom is 0.266 e. The summed E-state index contributed by atoms with van der Waals surface area (Å²) in [6.07, 6.45) is 1.48. The lowest BCUT2D eigenvalue weighted by Crippen LogP contribution is -2.14. The molecule has 0 heterocycles. The Hall–Kier alpha value is -3.62. The molecule has 3 aromatic carbocycles. The molecular weight excluding hydrogens is 403 g/mol. The van der Waals surface area contributed by atoms with Crippen molar-refractivity contribution < 1.29 is 13.9 Å². The summed E-state index contributed by atoms with van der Waals surface area (Å²) < 4.78 is 19.0. The Morgan fingerprint density at radius 3 is 2.73 bits per heavy atom. The number of hydrogen-bond acceptors (Lipinski definition) is 3. The fourth-order valence-corrected chi connectivity index (χ4v) is 2.89. The van der Waals surface area contributed by atoms with Gasteiger partial charge in [0.2, 0.25) is 0 Å². The summed E-state index contributed by atoms with van der Waals surface area (Å²) in [6.45, 7) is 2.03. The van der Waals surface area contributed by atoms with E-state index in [-0.39, 0.29) is 18.0 Å². The number of amides is 1. The Kier molecular flexibility index (Phi) is 6.84. The van der Waals surface area contributed by atoms with Crippen LogP contribution in [-0.4, -0.2) is 5.91 Å².